The number of likely N-dealkylation sites (tertiary alicyclic amines) is 1. The molecule has 0 bridgehead atoms. The molecule has 2 aromatic rings. The highest BCUT2D eigenvalue weighted by molar-refractivity contribution is 9.10. The SMILES string of the molecule is Cc1c(C(=O)N2CCC(C(=O)N3CCN(C)CC3)CC2)nnn1-c1cccc(Br)c1. The lowest BCUT2D eigenvalue weighted by molar-refractivity contribution is -0.138. The number of nitrogens with zero attached hydrogens (tertiary/aromatic N) is 6. The lowest BCUT2D eigenvalue weighted by atomic mass is 9.94. The van der Waals surface area contributed by atoms with Crippen molar-refractivity contribution in [1.82, 2.24) is 29.7 Å². The summed E-state index contributed by atoms with van der Waals surface area (Å²) in [5.74, 6) is 0.141. The van der Waals surface area contributed by atoms with Gasteiger partial charge in [0, 0.05) is 49.7 Å². The van der Waals surface area contributed by atoms with Gasteiger partial charge in [-0.25, -0.2) is 4.68 Å². The van der Waals surface area contributed by atoms with Gasteiger partial charge in [0.2, 0.25) is 5.91 Å². The van der Waals surface area contributed by atoms with Crippen molar-refractivity contribution < 1.29 is 9.59 Å². The Labute approximate surface area is 184 Å². The van der Waals surface area contributed by atoms with Crippen molar-refractivity contribution >= 4 is 27.7 Å². The van der Waals surface area contributed by atoms with Crippen LogP contribution in [0.3, 0.4) is 0 Å². The van der Waals surface area contributed by atoms with E-state index in [1.165, 1.54) is 0 Å². The highest BCUT2D eigenvalue weighted by atomic mass is 79.9. The van der Waals surface area contributed by atoms with Gasteiger partial charge in [-0.05, 0) is 45.0 Å². The minimum absolute atomic E-state index is 0.0101. The zero-order chi connectivity index (χ0) is 21.3. The molecule has 1 aromatic heterocycles. The molecule has 30 heavy (non-hydrogen) atoms. The lowest BCUT2D eigenvalue weighted by Gasteiger charge is -2.37. The van der Waals surface area contributed by atoms with E-state index in [1.54, 1.807) is 9.58 Å². The molecule has 2 saturated heterocycles. The molecule has 0 spiro atoms. The van der Waals surface area contributed by atoms with Gasteiger partial charge < -0.3 is 14.7 Å². The van der Waals surface area contributed by atoms with Crippen molar-refractivity contribution in [2.24, 2.45) is 5.92 Å². The third-order valence-corrected chi connectivity index (χ3v) is 6.59. The molecule has 0 saturated carbocycles. The molecule has 8 nitrogen and oxygen atoms in total. The first-order valence-electron chi connectivity index (χ1n) is 10.4. The molecule has 9 heteroatoms. The predicted molar refractivity (Wildman–Crippen MR) is 117 cm³/mol. The van der Waals surface area contributed by atoms with Crippen LogP contribution < -0.4 is 0 Å². The number of piperidine rings is 1. The number of hydrogen-bond donors (Lipinski definition) is 0. The van der Waals surface area contributed by atoms with Crippen LogP contribution in [0.15, 0.2) is 28.7 Å². The maximum Gasteiger partial charge on any atom is 0.276 e. The van der Waals surface area contributed by atoms with Gasteiger partial charge in [-0.15, -0.1) is 5.10 Å². The molecule has 2 aliphatic heterocycles. The van der Waals surface area contributed by atoms with Crippen LogP contribution in [-0.2, 0) is 4.79 Å². The minimum atomic E-state index is -0.112. The van der Waals surface area contributed by atoms with Crippen LogP contribution in [0.1, 0.15) is 29.0 Å². The number of amides is 2. The molecule has 0 atom stereocenters. The fraction of sp³-hybridized carbons (Fsp3) is 0.524. The van der Waals surface area contributed by atoms with E-state index in [-0.39, 0.29) is 17.7 Å². The van der Waals surface area contributed by atoms with E-state index in [9.17, 15) is 9.59 Å². The topological polar surface area (TPSA) is 74.6 Å². The van der Waals surface area contributed by atoms with Crippen LogP contribution in [0, 0.1) is 12.8 Å². The Balaban J connectivity index is 1.38. The van der Waals surface area contributed by atoms with Crippen molar-refractivity contribution in [3.63, 3.8) is 0 Å². The van der Waals surface area contributed by atoms with Gasteiger partial charge >= 0.3 is 0 Å². The van der Waals surface area contributed by atoms with E-state index < -0.39 is 0 Å². The van der Waals surface area contributed by atoms with Gasteiger partial charge in [0.25, 0.3) is 5.91 Å². The molecule has 4 rings (SSSR count). The Morgan fingerprint density at radius 2 is 1.73 bits per heavy atom. The number of piperazine rings is 1. The van der Waals surface area contributed by atoms with Crippen molar-refractivity contribution in [3.05, 3.63) is 40.1 Å². The number of carbonyl (C=O) groups excluding carboxylic acids is 2. The molecule has 0 aliphatic carbocycles. The average Bonchev–Trinajstić information content (AvgIpc) is 3.14. The summed E-state index contributed by atoms with van der Waals surface area (Å²) in [6.45, 7) is 6.46. The maximum absolute atomic E-state index is 13.0. The molecule has 0 radical (unpaired) electrons. The largest absolute Gasteiger partial charge is 0.340 e. The standard InChI is InChI=1S/C21H27BrN6O2/c1-15-19(23-24-28(15)18-5-3-4-17(22)14-18)21(30)26-8-6-16(7-9-26)20(29)27-12-10-25(2)11-13-27/h3-5,14,16H,6-13H2,1-2H3. The lowest BCUT2D eigenvalue weighted by Crippen LogP contribution is -2.51. The predicted octanol–water partition coefficient (Wildman–Crippen LogP) is 1.96. The Morgan fingerprint density at radius 3 is 2.40 bits per heavy atom. The van der Waals surface area contributed by atoms with E-state index in [0.29, 0.717) is 37.3 Å². The van der Waals surface area contributed by atoms with Gasteiger partial charge in [-0.1, -0.05) is 27.2 Å². The second-order valence-corrected chi connectivity index (χ2v) is 9.03. The Hall–Kier alpha value is -2.26. The number of halogens is 1. The van der Waals surface area contributed by atoms with E-state index in [4.69, 9.17) is 0 Å². The molecule has 2 aliphatic rings. The average molecular weight is 475 g/mol. The zero-order valence-electron chi connectivity index (χ0n) is 17.4. The zero-order valence-corrected chi connectivity index (χ0v) is 19.0. The first kappa shape index (κ1) is 21.0. The molecule has 0 N–H and O–H groups in total. The number of aromatic nitrogens is 3. The molecular formula is C21H27BrN6O2. The number of benzene rings is 1. The summed E-state index contributed by atoms with van der Waals surface area (Å²) in [6, 6.07) is 7.72. The highest BCUT2D eigenvalue weighted by Gasteiger charge is 2.32. The van der Waals surface area contributed by atoms with Crippen LogP contribution in [0.2, 0.25) is 0 Å². The highest BCUT2D eigenvalue weighted by Crippen LogP contribution is 2.23. The smallest absolute Gasteiger partial charge is 0.276 e. The first-order chi connectivity index (χ1) is 14.4. The summed E-state index contributed by atoms with van der Waals surface area (Å²) in [5.41, 5.74) is 1.94. The molecule has 1 aromatic carbocycles. The molecule has 2 amide bonds. The summed E-state index contributed by atoms with van der Waals surface area (Å²) in [5, 5.41) is 8.35. The summed E-state index contributed by atoms with van der Waals surface area (Å²) in [6.07, 6.45) is 1.41. The van der Waals surface area contributed by atoms with Crippen LogP contribution in [0.5, 0.6) is 0 Å². The van der Waals surface area contributed by atoms with E-state index >= 15 is 0 Å². The second kappa shape index (κ2) is 8.85. The second-order valence-electron chi connectivity index (χ2n) is 8.11. The van der Waals surface area contributed by atoms with Crippen LogP contribution in [0.25, 0.3) is 5.69 Å². The van der Waals surface area contributed by atoms with Gasteiger partial charge in [0.15, 0.2) is 5.69 Å². The van der Waals surface area contributed by atoms with Gasteiger partial charge in [-0.3, -0.25) is 9.59 Å². The quantitative estimate of drug-likeness (QED) is 0.679. The summed E-state index contributed by atoms with van der Waals surface area (Å²) < 4.78 is 2.62. The Kier molecular flexibility index (Phi) is 6.19. The monoisotopic (exact) mass is 474 g/mol. The Morgan fingerprint density at radius 1 is 1.03 bits per heavy atom. The third-order valence-electron chi connectivity index (χ3n) is 6.10. The van der Waals surface area contributed by atoms with Crippen LogP contribution in [-0.4, -0.2) is 87.8 Å². The summed E-state index contributed by atoms with van der Waals surface area (Å²) >= 11 is 3.46. The van der Waals surface area contributed by atoms with E-state index in [0.717, 1.165) is 36.3 Å². The maximum atomic E-state index is 13.0. The fourth-order valence-electron chi connectivity index (χ4n) is 4.14. The van der Waals surface area contributed by atoms with Crippen molar-refractivity contribution in [2.45, 2.75) is 19.8 Å². The fourth-order valence-corrected chi connectivity index (χ4v) is 4.53. The molecular weight excluding hydrogens is 448 g/mol. The van der Waals surface area contributed by atoms with Crippen LogP contribution >= 0.6 is 15.9 Å². The third kappa shape index (κ3) is 4.27. The van der Waals surface area contributed by atoms with Crippen molar-refractivity contribution in [2.75, 3.05) is 46.3 Å². The normalized spacial score (nSPS) is 18.6. The number of rotatable bonds is 3. The van der Waals surface area contributed by atoms with Crippen molar-refractivity contribution in [3.8, 4) is 5.69 Å². The van der Waals surface area contributed by atoms with Gasteiger partial charge in [0.05, 0.1) is 11.4 Å². The van der Waals surface area contributed by atoms with Gasteiger partial charge in [-0.2, -0.15) is 0 Å². The van der Waals surface area contributed by atoms with Gasteiger partial charge in [0.1, 0.15) is 0 Å². The molecule has 3 heterocycles. The van der Waals surface area contributed by atoms with Crippen LogP contribution in [0.4, 0.5) is 0 Å². The van der Waals surface area contributed by atoms with E-state index in [2.05, 4.69) is 38.2 Å². The number of likely N-dealkylation sites (N-methyl/N-ethyl adjacent to an activating group) is 1. The van der Waals surface area contributed by atoms with E-state index in [1.807, 2.05) is 36.1 Å². The number of carbonyl (C=O) groups is 2. The Bertz CT molecular complexity index is 929. The molecule has 0 unspecified atom stereocenters. The minimum Gasteiger partial charge on any atom is -0.340 e. The van der Waals surface area contributed by atoms with Crippen molar-refractivity contribution in [1.29, 1.82) is 0 Å². The first-order valence-corrected chi connectivity index (χ1v) is 11.2. The molecule has 2 fully saturated rings. The number of hydrogen-bond acceptors (Lipinski definition) is 5. The summed E-state index contributed by atoms with van der Waals surface area (Å²) in [7, 11) is 2.08. The molecule has 160 valence electrons. The summed E-state index contributed by atoms with van der Waals surface area (Å²) in [4.78, 5) is 31.9.